The van der Waals surface area contributed by atoms with Gasteiger partial charge in [0.25, 0.3) is 5.91 Å². The first-order chi connectivity index (χ1) is 13.1. The van der Waals surface area contributed by atoms with E-state index in [1.165, 1.54) is 30.4 Å². The number of hydrogen-bond donors (Lipinski definition) is 1. The molecule has 2 aromatic rings. The Labute approximate surface area is 162 Å². The van der Waals surface area contributed by atoms with Crippen molar-refractivity contribution in [1.82, 2.24) is 10.2 Å². The Morgan fingerprint density at radius 1 is 1.00 bits per heavy atom. The van der Waals surface area contributed by atoms with Crippen LogP contribution in [0.15, 0.2) is 48.5 Å². The van der Waals surface area contributed by atoms with Crippen molar-refractivity contribution in [3.63, 3.8) is 0 Å². The third kappa shape index (κ3) is 4.24. The zero-order valence-electron chi connectivity index (χ0n) is 16.4. The fraction of sp³-hybridized carbons (Fsp3) is 0.458. The molecule has 27 heavy (non-hydrogen) atoms. The molecule has 2 fully saturated rings. The van der Waals surface area contributed by atoms with Crippen LogP contribution in [0.2, 0.25) is 0 Å². The van der Waals surface area contributed by atoms with Crippen LogP contribution in [-0.4, -0.2) is 28.9 Å². The molecule has 2 aliphatic rings. The van der Waals surface area contributed by atoms with E-state index >= 15 is 0 Å². The van der Waals surface area contributed by atoms with E-state index in [2.05, 4.69) is 41.4 Å². The van der Waals surface area contributed by atoms with E-state index in [1.807, 2.05) is 31.2 Å². The van der Waals surface area contributed by atoms with Gasteiger partial charge in [-0.2, -0.15) is 0 Å². The van der Waals surface area contributed by atoms with Crippen molar-refractivity contribution in [2.24, 2.45) is 0 Å². The Balaban J connectivity index is 1.41. The lowest BCUT2D eigenvalue weighted by Gasteiger charge is -2.49. The Bertz CT molecular complexity index is 784. The maximum absolute atomic E-state index is 12.7. The fourth-order valence-corrected chi connectivity index (χ4v) is 4.81. The van der Waals surface area contributed by atoms with Crippen LogP contribution >= 0.6 is 0 Å². The molecule has 0 saturated carbocycles. The summed E-state index contributed by atoms with van der Waals surface area (Å²) in [6.45, 7) is 5.21. The first-order valence-corrected chi connectivity index (χ1v) is 10.3. The molecule has 1 amide bonds. The number of rotatable bonds is 4. The molecule has 3 heteroatoms. The highest BCUT2D eigenvalue weighted by Gasteiger charge is 2.38. The molecular weight excluding hydrogens is 332 g/mol. The van der Waals surface area contributed by atoms with Crippen molar-refractivity contribution >= 4 is 5.91 Å². The Kier molecular flexibility index (Phi) is 5.31. The molecule has 4 rings (SSSR count). The molecule has 2 aromatic carbocycles. The molecule has 2 bridgehead atoms. The van der Waals surface area contributed by atoms with E-state index in [0.29, 0.717) is 18.1 Å². The minimum Gasteiger partial charge on any atom is -0.349 e. The van der Waals surface area contributed by atoms with Crippen LogP contribution in [0.25, 0.3) is 0 Å². The van der Waals surface area contributed by atoms with Crippen molar-refractivity contribution in [1.29, 1.82) is 0 Å². The molecule has 1 N–H and O–H groups in total. The number of fused-ring (bicyclic) bond motifs is 2. The third-order valence-electron chi connectivity index (χ3n) is 6.23. The second-order valence-corrected chi connectivity index (χ2v) is 8.41. The van der Waals surface area contributed by atoms with Gasteiger partial charge in [0.05, 0.1) is 0 Å². The maximum atomic E-state index is 12.7. The molecule has 0 spiro atoms. The quantitative estimate of drug-likeness (QED) is 0.861. The summed E-state index contributed by atoms with van der Waals surface area (Å²) < 4.78 is 0. The summed E-state index contributed by atoms with van der Waals surface area (Å²) >= 11 is 0. The summed E-state index contributed by atoms with van der Waals surface area (Å²) in [6.07, 6.45) is 5.95. The molecule has 2 atom stereocenters. The predicted octanol–water partition coefficient (Wildman–Crippen LogP) is 4.62. The van der Waals surface area contributed by atoms with E-state index in [4.69, 9.17) is 0 Å². The number of benzene rings is 2. The second-order valence-electron chi connectivity index (χ2n) is 8.41. The van der Waals surface area contributed by atoms with E-state index < -0.39 is 0 Å². The van der Waals surface area contributed by atoms with Gasteiger partial charge in [0.15, 0.2) is 0 Å². The highest BCUT2D eigenvalue weighted by Crippen LogP contribution is 2.35. The lowest BCUT2D eigenvalue weighted by atomic mass is 9.81. The Morgan fingerprint density at radius 3 is 2.37 bits per heavy atom. The molecule has 2 saturated heterocycles. The summed E-state index contributed by atoms with van der Waals surface area (Å²) in [7, 11) is 0. The standard InChI is InChI=1S/C24H30N2O/c1-17-9-11-19(12-10-17)16-26-22-7-4-8-23(26)15-21(14-22)25-24(27)20-6-3-5-18(2)13-20/h3,5-6,9-13,21-23H,4,7-8,14-16H2,1-2H3,(H,25,27)/t22-,23-/m0/s1. The van der Waals surface area contributed by atoms with E-state index in [1.54, 1.807) is 0 Å². The van der Waals surface area contributed by atoms with Crippen LogP contribution < -0.4 is 5.32 Å². The highest BCUT2D eigenvalue weighted by molar-refractivity contribution is 5.94. The topological polar surface area (TPSA) is 32.3 Å². The molecule has 0 unspecified atom stereocenters. The molecule has 0 radical (unpaired) electrons. The number of carbonyl (C=O) groups is 1. The number of piperidine rings is 2. The highest BCUT2D eigenvalue weighted by atomic mass is 16.1. The van der Waals surface area contributed by atoms with Gasteiger partial charge in [-0.1, -0.05) is 53.9 Å². The van der Waals surface area contributed by atoms with Crippen molar-refractivity contribution in [2.45, 2.75) is 70.6 Å². The van der Waals surface area contributed by atoms with Crippen molar-refractivity contribution in [3.05, 3.63) is 70.8 Å². The lowest BCUT2D eigenvalue weighted by molar-refractivity contribution is 0.0177. The van der Waals surface area contributed by atoms with E-state index in [9.17, 15) is 4.79 Å². The average Bonchev–Trinajstić information content (AvgIpc) is 2.64. The van der Waals surface area contributed by atoms with Gasteiger partial charge in [-0.25, -0.2) is 0 Å². The van der Waals surface area contributed by atoms with Crippen LogP contribution in [0.1, 0.15) is 59.2 Å². The van der Waals surface area contributed by atoms with Crippen LogP contribution in [0.3, 0.4) is 0 Å². The van der Waals surface area contributed by atoms with Crippen LogP contribution in [0.5, 0.6) is 0 Å². The van der Waals surface area contributed by atoms with Crippen LogP contribution in [0, 0.1) is 13.8 Å². The van der Waals surface area contributed by atoms with Crippen molar-refractivity contribution < 1.29 is 4.79 Å². The Hall–Kier alpha value is -2.13. The number of nitrogens with zero attached hydrogens (tertiary/aromatic N) is 1. The minimum absolute atomic E-state index is 0.0776. The Morgan fingerprint density at radius 2 is 1.70 bits per heavy atom. The summed E-state index contributed by atoms with van der Waals surface area (Å²) in [4.78, 5) is 15.4. The normalized spacial score (nSPS) is 25.2. The van der Waals surface area contributed by atoms with Gasteiger partial charge in [-0.3, -0.25) is 9.69 Å². The molecule has 0 aliphatic carbocycles. The number of hydrogen-bond acceptors (Lipinski definition) is 2. The van der Waals surface area contributed by atoms with Gasteiger partial charge in [0.2, 0.25) is 0 Å². The van der Waals surface area contributed by atoms with Gasteiger partial charge in [-0.15, -0.1) is 0 Å². The van der Waals surface area contributed by atoms with Gasteiger partial charge in [0.1, 0.15) is 0 Å². The van der Waals surface area contributed by atoms with Crippen LogP contribution in [-0.2, 0) is 6.54 Å². The summed E-state index contributed by atoms with van der Waals surface area (Å²) in [5.41, 5.74) is 4.63. The van der Waals surface area contributed by atoms with Gasteiger partial charge >= 0.3 is 0 Å². The minimum atomic E-state index is 0.0776. The number of carbonyl (C=O) groups excluding carboxylic acids is 1. The fourth-order valence-electron chi connectivity index (χ4n) is 4.81. The van der Waals surface area contributed by atoms with Crippen molar-refractivity contribution in [3.8, 4) is 0 Å². The molecule has 2 heterocycles. The van der Waals surface area contributed by atoms with E-state index in [-0.39, 0.29) is 5.91 Å². The smallest absolute Gasteiger partial charge is 0.251 e. The summed E-state index contributed by atoms with van der Waals surface area (Å²) in [5.74, 6) is 0.0776. The maximum Gasteiger partial charge on any atom is 0.251 e. The summed E-state index contributed by atoms with van der Waals surface area (Å²) in [5, 5.41) is 3.32. The largest absolute Gasteiger partial charge is 0.349 e. The number of nitrogens with one attached hydrogen (secondary N) is 1. The molecule has 0 aromatic heterocycles. The van der Waals surface area contributed by atoms with Gasteiger partial charge in [0, 0.05) is 30.2 Å². The first kappa shape index (κ1) is 18.2. The SMILES string of the molecule is Cc1ccc(CN2[C@H]3CCC[C@H]2CC(NC(=O)c2cccc(C)c2)C3)cc1. The third-order valence-corrected chi connectivity index (χ3v) is 6.23. The zero-order chi connectivity index (χ0) is 18.8. The molecule has 2 aliphatic heterocycles. The first-order valence-electron chi connectivity index (χ1n) is 10.3. The predicted molar refractivity (Wildman–Crippen MR) is 110 cm³/mol. The number of amides is 1. The van der Waals surface area contributed by atoms with Gasteiger partial charge in [-0.05, 0) is 57.2 Å². The monoisotopic (exact) mass is 362 g/mol. The number of aryl methyl sites for hydroxylation is 2. The zero-order valence-corrected chi connectivity index (χ0v) is 16.4. The lowest BCUT2D eigenvalue weighted by Crippen LogP contribution is -2.56. The van der Waals surface area contributed by atoms with E-state index in [0.717, 1.165) is 30.5 Å². The molecular formula is C24H30N2O. The second kappa shape index (κ2) is 7.85. The molecule has 3 nitrogen and oxygen atoms in total. The van der Waals surface area contributed by atoms with Crippen molar-refractivity contribution in [2.75, 3.05) is 0 Å². The average molecular weight is 363 g/mol. The van der Waals surface area contributed by atoms with Gasteiger partial charge < -0.3 is 5.32 Å². The van der Waals surface area contributed by atoms with Crippen LogP contribution in [0.4, 0.5) is 0 Å². The molecule has 142 valence electrons. The summed E-state index contributed by atoms with van der Waals surface area (Å²) in [6, 6.07) is 18.3.